The van der Waals surface area contributed by atoms with Gasteiger partial charge in [0.2, 0.25) is 0 Å². The van der Waals surface area contributed by atoms with E-state index in [1.807, 2.05) is 30.3 Å². The van der Waals surface area contributed by atoms with Crippen LogP contribution in [0, 0.1) is 11.8 Å². The molecule has 0 aliphatic heterocycles. The van der Waals surface area contributed by atoms with Gasteiger partial charge in [0.1, 0.15) is 6.61 Å². The maximum Gasteiger partial charge on any atom is 0.251 e. The minimum absolute atomic E-state index is 0.0676. The molecule has 0 spiro atoms. The molecule has 2 atom stereocenters. The number of carbonyl (C=O) groups is 1. The summed E-state index contributed by atoms with van der Waals surface area (Å²) < 4.78 is 11.2. The van der Waals surface area contributed by atoms with Crippen molar-refractivity contribution in [3.63, 3.8) is 0 Å². The third kappa shape index (κ3) is 4.07. The molecule has 2 unspecified atom stereocenters. The van der Waals surface area contributed by atoms with E-state index in [4.69, 9.17) is 9.47 Å². The first-order valence-corrected chi connectivity index (χ1v) is 8.30. The number of hydrogen-bond donors (Lipinski definition) is 1. The molecule has 1 aliphatic carbocycles. The Balaban J connectivity index is 1.62. The predicted molar refractivity (Wildman–Crippen MR) is 93.4 cm³/mol. The van der Waals surface area contributed by atoms with E-state index in [1.54, 1.807) is 25.3 Å². The number of amides is 1. The van der Waals surface area contributed by atoms with Gasteiger partial charge in [-0.2, -0.15) is 0 Å². The van der Waals surface area contributed by atoms with E-state index >= 15 is 0 Å². The van der Waals surface area contributed by atoms with Gasteiger partial charge in [-0.05, 0) is 42.0 Å². The van der Waals surface area contributed by atoms with Gasteiger partial charge in [0.05, 0.1) is 7.11 Å². The molecule has 0 saturated heterocycles. The Morgan fingerprint density at radius 3 is 2.58 bits per heavy atom. The third-order valence-corrected chi connectivity index (χ3v) is 4.46. The summed E-state index contributed by atoms with van der Waals surface area (Å²) in [7, 11) is 1.58. The number of hydrogen-bond acceptors (Lipinski definition) is 3. The van der Waals surface area contributed by atoms with Crippen LogP contribution in [0.25, 0.3) is 0 Å². The lowest BCUT2D eigenvalue weighted by Gasteiger charge is -2.12. The van der Waals surface area contributed by atoms with Crippen molar-refractivity contribution in [1.29, 1.82) is 0 Å². The minimum atomic E-state index is -0.0676. The van der Waals surface area contributed by atoms with Gasteiger partial charge >= 0.3 is 0 Å². The van der Waals surface area contributed by atoms with E-state index < -0.39 is 0 Å². The molecule has 1 saturated carbocycles. The van der Waals surface area contributed by atoms with Gasteiger partial charge in [0, 0.05) is 12.1 Å². The summed E-state index contributed by atoms with van der Waals surface area (Å²) in [5.74, 6) is 2.49. The van der Waals surface area contributed by atoms with Crippen molar-refractivity contribution in [3.05, 3.63) is 59.7 Å². The van der Waals surface area contributed by atoms with Crippen LogP contribution in [0.2, 0.25) is 0 Å². The number of nitrogens with one attached hydrogen (secondary N) is 1. The lowest BCUT2D eigenvalue weighted by atomic mass is 10.2. The van der Waals surface area contributed by atoms with E-state index in [9.17, 15) is 4.79 Å². The van der Waals surface area contributed by atoms with E-state index in [0.29, 0.717) is 29.6 Å². The molecule has 2 aromatic carbocycles. The second-order valence-corrected chi connectivity index (χ2v) is 6.32. The van der Waals surface area contributed by atoms with Gasteiger partial charge in [-0.3, -0.25) is 4.79 Å². The Hall–Kier alpha value is -2.49. The quantitative estimate of drug-likeness (QED) is 0.845. The van der Waals surface area contributed by atoms with Crippen molar-refractivity contribution < 1.29 is 14.3 Å². The zero-order valence-corrected chi connectivity index (χ0v) is 14.1. The average Bonchev–Trinajstić information content (AvgIpc) is 3.34. The highest BCUT2D eigenvalue weighted by Gasteiger charge is 2.32. The van der Waals surface area contributed by atoms with E-state index in [2.05, 4.69) is 12.2 Å². The summed E-state index contributed by atoms with van der Waals surface area (Å²) in [4.78, 5) is 12.2. The topological polar surface area (TPSA) is 47.6 Å². The molecular formula is C20H23NO3. The summed E-state index contributed by atoms with van der Waals surface area (Å²) >= 11 is 0. The van der Waals surface area contributed by atoms with E-state index in [0.717, 1.165) is 18.0 Å². The molecule has 24 heavy (non-hydrogen) atoms. The van der Waals surface area contributed by atoms with Crippen molar-refractivity contribution in [2.24, 2.45) is 11.8 Å². The van der Waals surface area contributed by atoms with Crippen LogP contribution in [-0.2, 0) is 6.61 Å². The van der Waals surface area contributed by atoms with Crippen LogP contribution in [0.1, 0.15) is 29.3 Å². The Morgan fingerprint density at radius 2 is 1.92 bits per heavy atom. The largest absolute Gasteiger partial charge is 0.493 e. The monoisotopic (exact) mass is 325 g/mol. The summed E-state index contributed by atoms with van der Waals surface area (Å²) in [6.45, 7) is 3.41. The average molecular weight is 325 g/mol. The Labute approximate surface area is 142 Å². The normalized spacial score (nSPS) is 18.8. The highest BCUT2D eigenvalue weighted by molar-refractivity contribution is 5.94. The van der Waals surface area contributed by atoms with Crippen LogP contribution in [0.15, 0.2) is 48.5 Å². The van der Waals surface area contributed by atoms with Crippen molar-refractivity contribution in [1.82, 2.24) is 5.32 Å². The molecule has 3 rings (SSSR count). The molecule has 4 heteroatoms. The van der Waals surface area contributed by atoms with Crippen LogP contribution >= 0.6 is 0 Å². The van der Waals surface area contributed by atoms with Crippen LogP contribution in [0.5, 0.6) is 11.5 Å². The predicted octanol–water partition coefficient (Wildman–Crippen LogP) is 3.66. The molecule has 1 fully saturated rings. The second-order valence-electron chi connectivity index (χ2n) is 6.32. The van der Waals surface area contributed by atoms with Crippen LogP contribution < -0.4 is 14.8 Å². The van der Waals surface area contributed by atoms with Gasteiger partial charge in [-0.15, -0.1) is 0 Å². The molecule has 1 N–H and O–H groups in total. The fourth-order valence-electron chi connectivity index (χ4n) is 2.67. The van der Waals surface area contributed by atoms with E-state index in [1.165, 1.54) is 6.42 Å². The lowest BCUT2D eigenvalue weighted by molar-refractivity contribution is 0.0951. The van der Waals surface area contributed by atoms with Crippen LogP contribution in [0.3, 0.4) is 0 Å². The molecule has 0 aromatic heterocycles. The summed E-state index contributed by atoms with van der Waals surface area (Å²) in [6, 6.07) is 15.2. The first-order valence-electron chi connectivity index (χ1n) is 8.30. The SMILES string of the molecule is COc1cc(C(=O)NCC2CC2C)ccc1OCc1ccccc1. The summed E-state index contributed by atoms with van der Waals surface area (Å²) in [6.07, 6.45) is 1.20. The fourth-order valence-corrected chi connectivity index (χ4v) is 2.67. The van der Waals surface area contributed by atoms with Gasteiger partial charge < -0.3 is 14.8 Å². The Kier molecular flexibility index (Phi) is 5.04. The molecule has 2 aromatic rings. The van der Waals surface area contributed by atoms with Gasteiger partial charge in [-0.25, -0.2) is 0 Å². The van der Waals surface area contributed by atoms with Crippen LogP contribution in [-0.4, -0.2) is 19.6 Å². The Morgan fingerprint density at radius 1 is 1.17 bits per heavy atom. The van der Waals surface area contributed by atoms with Crippen molar-refractivity contribution in [2.45, 2.75) is 20.0 Å². The molecule has 0 heterocycles. The van der Waals surface area contributed by atoms with Crippen molar-refractivity contribution in [2.75, 3.05) is 13.7 Å². The first-order chi connectivity index (χ1) is 11.7. The lowest BCUT2D eigenvalue weighted by Crippen LogP contribution is -2.25. The number of rotatable bonds is 7. The first kappa shape index (κ1) is 16.4. The molecule has 0 bridgehead atoms. The minimum Gasteiger partial charge on any atom is -0.493 e. The number of methoxy groups -OCH3 is 1. The molecule has 1 amide bonds. The maximum absolute atomic E-state index is 12.2. The zero-order chi connectivity index (χ0) is 16.9. The van der Waals surface area contributed by atoms with E-state index in [-0.39, 0.29) is 5.91 Å². The molecule has 0 radical (unpaired) electrons. The summed E-state index contributed by atoms with van der Waals surface area (Å²) in [5.41, 5.74) is 1.67. The third-order valence-electron chi connectivity index (χ3n) is 4.46. The molecule has 126 valence electrons. The van der Waals surface area contributed by atoms with Gasteiger partial charge in [0.15, 0.2) is 11.5 Å². The summed E-state index contributed by atoms with van der Waals surface area (Å²) in [5, 5.41) is 2.98. The second kappa shape index (κ2) is 7.39. The smallest absolute Gasteiger partial charge is 0.251 e. The highest BCUT2D eigenvalue weighted by Crippen LogP contribution is 2.36. The van der Waals surface area contributed by atoms with Crippen molar-refractivity contribution in [3.8, 4) is 11.5 Å². The van der Waals surface area contributed by atoms with Gasteiger partial charge in [0.25, 0.3) is 5.91 Å². The highest BCUT2D eigenvalue weighted by atomic mass is 16.5. The van der Waals surface area contributed by atoms with Gasteiger partial charge in [-0.1, -0.05) is 37.3 Å². The van der Waals surface area contributed by atoms with Crippen molar-refractivity contribution >= 4 is 5.91 Å². The standard InChI is InChI=1S/C20H23NO3/c1-14-10-17(14)12-21-20(22)16-8-9-18(19(11-16)23-2)24-13-15-6-4-3-5-7-15/h3-9,11,14,17H,10,12-13H2,1-2H3,(H,21,22). The molecular weight excluding hydrogens is 302 g/mol. The number of carbonyl (C=O) groups excluding carboxylic acids is 1. The molecule has 4 nitrogen and oxygen atoms in total. The maximum atomic E-state index is 12.2. The molecule has 1 aliphatic rings. The number of ether oxygens (including phenoxy) is 2. The Bertz CT molecular complexity index is 699. The zero-order valence-electron chi connectivity index (χ0n) is 14.1. The van der Waals surface area contributed by atoms with Crippen LogP contribution in [0.4, 0.5) is 0 Å². The number of benzene rings is 2. The fraction of sp³-hybridized carbons (Fsp3) is 0.350.